The van der Waals surface area contributed by atoms with Crippen molar-refractivity contribution >= 4 is 21.2 Å². The number of azide groups is 1. The Morgan fingerprint density at radius 1 is 1.36 bits per heavy atom. The molecule has 1 aliphatic rings. The molecule has 0 saturated carbocycles. The number of hydrogen-bond acceptors (Lipinski definition) is 5. The molecule has 8 heteroatoms. The molecule has 2 atom stereocenters. The van der Waals surface area contributed by atoms with Gasteiger partial charge in [0.1, 0.15) is 0 Å². The average Bonchev–Trinajstić information content (AvgIpc) is 2.46. The van der Waals surface area contributed by atoms with E-state index in [1.807, 2.05) is 13.8 Å². The maximum atomic E-state index is 12.0. The summed E-state index contributed by atoms with van der Waals surface area (Å²) in [5.41, 5.74) is 9.83. The van der Waals surface area contributed by atoms with Gasteiger partial charge >= 0.3 is 0 Å². The molecule has 0 aromatic heterocycles. The average molecular weight is 324 g/mol. The topological polar surface area (TPSA) is 95.4 Å². The summed E-state index contributed by atoms with van der Waals surface area (Å²) in [6.07, 6.45) is 0.114. The van der Waals surface area contributed by atoms with Crippen molar-refractivity contribution in [3.63, 3.8) is 0 Å². The Morgan fingerprint density at radius 3 is 2.55 bits per heavy atom. The van der Waals surface area contributed by atoms with Crippen molar-refractivity contribution in [2.45, 2.75) is 37.9 Å². The molecular formula is C14H20N4O3S. The minimum atomic E-state index is -3.33. The van der Waals surface area contributed by atoms with Crippen LogP contribution in [0.25, 0.3) is 10.4 Å². The molecule has 22 heavy (non-hydrogen) atoms. The summed E-state index contributed by atoms with van der Waals surface area (Å²) in [5, 5.41) is 3.67. The summed E-state index contributed by atoms with van der Waals surface area (Å²) in [6.45, 7) is 6.87. The zero-order valence-corrected chi connectivity index (χ0v) is 13.7. The Kier molecular flexibility index (Phi) is 4.95. The van der Waals surface area contributed by atoms with Gasteiger partial charge in [-0.15, -0.1) is 0 Å². The molecule has 7 nitrogen and oxygen atoms in total. The molecule has 0 bridgehead atoms. The maximum absolute atomic E-state index is 12.0. The molecule has 1 aromatic rings. The fourth-order valence-corrected chi connectivity index (χ4v) is 3.53. The van der Waals surface area contributed by atoms with E-state index in [0.717, 1.165) is 5.69 Å². The molecule has 2 unspecified atom stereocenters. The normalized spacial score (nSPS) is 22.2. The lowest BCUT2D eigenvalue weighted by atomic mass is 10.2. The SMILES string of the molecule is CCS(=O)(=O)c1ccc(N2CC(C)OC(C)C2)c(N=[N+]=[N-])c1. The number of hydrogen-bond donors (Lipinski definition) is 0. The van der Waals surface area contributed by atoms with Crippen LogP contribution in [-0.4, -0.2) is 39.5 Å². The number of sulfone groups is 1. The van der Waals surface area contributed by atoms with Crippen molar-refractivity contribution in [3.8, 4) is 0 Å². The first kappa shape index (κ1) is 16.6. The minimum absolute atomic E-state index is 0.00762. The molecule has 0 aliphatic carbocycles. The summed E-state index contributed by atoms with van der Waals surface area (Å²) < 4.78 is 29.7. The lowest BCUT2D eigenvalue weighted by molar-refractivity contribution is -0.00518. The molecule has 1 heterocycles. The summed E-state index contributed by atoms with van der Waals surface area (Å²) >= 11 is 0. The van der Waals surface area contributed by atoms with Gasteiger partial charge in [0.15, 0.2) is 9.84 Å². The van der Waals surface area contributed by atoms with Gasteiger partial charge < -0.3 is 9.64 Å². The third-order valence-corrected chi connectivity index (χ3v) is 5.33. The fourth-order valence-electron chi connectivity index (χ4n) is 2.63. The van der Waals surface area contributed by atoms with Gasteiger partial charge in [0.25, 0.3) is 0 Å². The number of rotatable bonds is 4. The van der Waals surface area contributed by atoms with Gasteiger partial charge in [-0.3, -0.25) is 0 Å². The van der Waals surface area contributed by atoms with Crippen LogP contribution in [0.1, 0.15) is 20.8 Å². The van der Waals surface area contributed by atoms with Crippen molar-refractivity contribution < 1.29 is 13.2 Å². The van der Waals surface area contributed by atoms with Crippen LogP contribution in [0.5, 0.6) is 0 Å². The molecule has 0 N–H and O–H groups in total. The first-order valence-corrected chi connectivity index (χ1v) is 8.85. The Labute approximate surface area is 130 Å². The monoisotopic (exact) mass is 324 g/mol. The van der Waals surface area contributed by atoms with E-state index in [0.29, 0.717) is 18.8 Å². The minimum Gasteiger partial charge on any atom is -0.372 e. The Hall–Kier alpha value is -1.76. The molecule has 1 fully saturated rings. The number of nitrogens with zero attached hydrogens (tertiary/aromatic N) is 4. The number of ether oxygens (including phenoxy) is 1. The van der Waals surface area contributed by atoms with E-state index in [9.17, 15) is 8.42 Å². The molecule has 1 aliphatic heterocycles. The summed E-state index contributed by atoms with van der Waals surface area (Å²) in [4.78, 5) is 5.06. The highest BCUT2D eigenvalue weighted by atomic mass is 32.2. The highest BCUT2D eigenvalue weighted by molar-refractivity contribution is 7.91. The van der Waals surface area contributed by atoms with Crippen LogP contribution in [0, 0.1) is 0 Å². The van der Waals surface area contributed by atoms with Crippen molar-refractivity contribution in [1.29, 1.82) is 0 Å². The van der Waals surface area contributed by atoms with Crippen LogP contribution in [0.15, 0.2) is 28.2 Å². The number of anilines is 1. The second-order valence-corrected chi connectivity index (χ2v) is 7.68. The third kappa shape index (κ3) is 3.52. The van der Waals surface area contributed by atoms with E-state index in [-0.39, 0.29) is 22.9 Å². The van der Waals surface area contributed by atoms with Gasteiger partial charge in [-0.05, 0) is 37.6 Å². The maximum Gasteiger partial charge on any atom is 0.178 e. The highest BCUT2D eigenvalue weighted by Crippen LogP contribution is 2.33. The van der Waals surface area contributed by atoms with E-state index >= 15 is 0 Å². The van der Waals surface area contributed by atoms with Gasteiger partial charge in [0, 0.05) is 23.7 Å². The number of benzene rings is 1. The molecule has 1 saturated heterocycles. The van der Waals surface area contributed by atoms with Crippen molar-refractivity contribution in [1.82, 2.24) is 0 Å². The van der Waals surface area contributed by atoms with Gasteiger partial charge in [0.2, 0.25) is 0 Å². The Morgan fingerprint density at radius 2 is 2.00 bits per heavy atom. The molecule has 1 aromatic carbocycles. The van der Waals surface area contributed by atoms with E-state index in [2.05, 4.69) is 14.9 Å². The summed E-state index contributed by atoms with van der Waals surface area (Å²) in [7, 11) is -3.33. The largest absolute Gasteiger partial charge is 0.372 e. The molecule has 0 radical (unpaired) electrons. The lowest BCUT2D eigenvalue weighted by Crippen LogP contribution is -2.45. The standard InChI is InChI=1S/C14H20N4O3S/c1-4-22(19,20)12-5-6-14(13(7-12)16-17-15)18-8-10(2)21-11(3)9-18/h5-7,10-11H,4,8-9H2,1-3H3. The molecular weight excluding hydrogens is 304 g/mol. The fraction of sp³-hybridized carbons (Fsp3) is 0.571. The van der Waals surface area contributed by atoms with Crippen LogP contribution in [-0.2, 0) is 14.6 Å². The summed E-state index contributed by atoms with van der Waals surface area (Å²) in [5.74, 6) is 0.00762. The van der Waals surface area contributed by atoms with Crippen LogP contribution in [0.2, 0.25) is 0 Å². The lowest BCUT2D eigenvalue weighted by Gasteiger charge is -2.37. The van der Waals surface area contributed by atoms with E-state index < -0.39 is 9.84 Å². The highest BCUT2D eigenvalue weighted by Gasteiger charge is 2.24. The van der Waals surface area contributed by atoms with E-state index in [1.54, 1.807) is 19.1 Å². The number of morpholine rings is 1. The Balaban J connectivity index is 2.46. The van der Waals surface area contributed by atoms with Crippen LogP contribution >= 0.6 is 0 Å². The molecule has 2 rings (SSSR count). The van der Waals surface area contributed by atoms with Crippen LogP contribution in [0.3, 0.4) is 0 Å². The zero-order chi connectivity index (χ0) is 16.3. The van der Waals surface area contributed by atoms with Crippen LogP contribution in [0.4, 0.5) is 11.4 Å². The first-order valence-electron chi connectivity index (χ1n) is 7.19. The van der Waals surface area contributed by atoms with Crippen molar-refractivity contribution in [2.75, 3.05) is 23.7 Å². The van der Waals surface area contributed by atoms with Crippen LogP contribution < -0.4 is 4.90 Å². The second kappa shape index (κ2) is 6.56. The van der Waals surface area contributed by atoms with Crippen molar-refractivity contribution in [2.24, 2.45) is 5.11 Å². The third-order valence-electron chi connectivity index (χ3n) is 3.60. The Bertz CT molecular complexity index is 688. The van der Waals surface area contributed by atoms with E-state index in [1.165, 1.54) is 6.07 Å². The predicted molar refractivity (Wildman–Crippen MR) is 85.2 cm³/mol. The first-order chi connectivity index (χ1) is 10.4. The van der Waals surface area contributed by atoms with E-state index in [4.69, 9.17) is 10.3 Å². The van der Waals surface area contributed by atoms with Gasteiger partial charge in [-0.2, -0.15) is 0 Å². The molecule has 0 amide bonds. The van der Waals surface area contributed by atoms with Gasteiger partial charge in [-0.1, -0.05) is 12.0 Å². The summed E-state index contributed by atoms with van der Waals surface area (Å²) in [6, 6.07) is 4.71. The molecule has 0 spiro atoms. The smallest absolute Gasteiger partial charge is 0.178 e. The molecule has 120 valence electrons. The van der Waals surface area contributed by atoms with Crippen molar-refractivity contribution in [3.05, 3.63) is 28.6 Å². The zero-order valence-electron chi connectivity index (χ0n) is 12.9. The predicted octanol–water partition coefficient (Wildman–Crippen LogP) is 3.04. The second-order valence-electron chi connectivity index (χ2n) is 5.41. The quantitative estimate of drug-likeness (QED) is 0.483. The van der Waals surface area contributed by atoms with Gasteiger partial charge in [-0.25, -0.2) is 8.42 Å². The van der Waals surface area contributed by atoms with Gasteiger partial charge in [0.05, 0.1) is 28.5 Å².